The molecule has 0 bridgehead atoms. The molecule has 116 valence electrons. The van der Waals surface area contributed by atoms with E-state index in [1.54, 1.807) is 32.2 Å². The first-order valence-corrected chi connectivity index (χ1v) is 7.25. The average Bonchev–Trinajstić information content (AvgIpc) is 2.50. The van der Waals surface area contributed by atoms with Crippen LogP contribution in [-0.4, -0.2) is 32.1 Å². The van der Waals surface area contributed by atoms with Gasteiger partial charge in [-0.1, -0.05) is 18.6 Å². The standard InChI is InChI=1S/C16H23NO4/c1-3-21-15(18)11-5-4-8-12-17-16(19)13-9-6-7-10-14(13)20-2/h6-7,9-10H,3-5,8,11-12H2,1-2H3,(H,17,19). The summed E-state index contributed by atoms with van der Waals surface area (Å²) in [4.78, 5) is 23.1. The zero-order valence-electron chi connectivity index (χ0n) is 12.7. The third kappa shape index (κ3) is 6.29. The third-order valence-electron chi connectivity index (χ3n) is 3.00. The number of amides is 1. The van der Waals surface area contributed by atoms with Crippen molar-refractivity contribution < 1.29 is 19.1 Å². The number of methoxy groups -OCH3 is 1. The highest BCUT2D eigenvalue weighted by molar-refractivity contribution is 5.96. The van der Waals surface area contributed by atoms with Crippen molar-refractivity contribution in [2.24, 2.45) is 0 Å². The Hall–Kier alpha value is -2.04. The number of rotatable bonds is 9. The van der Waals surface area contributed by atoms with Gasteiger partial charge >= 0.3 is 5.97 Å². The number of hydrogen-bond acceptors (Lipinski definition) is 4. The van der Waals surface area contributed by atoms with Gasteiger partial charge in [0.1, 0.15) is 5.75 Å². The normalized spacial score (nSPS) is 10.0. The smallest absolute Gasteiger partial charge is 0.305 e. The number of ether oxygens (including phenoxy) is 2. The molecule has 5 nitrogen and oxygen atoms in total. The molecule has 0 saturated carbocycles. The fraction of sp³-hybridized carbons (Fsp3) is 0.500. The van der Waals surface area contributed by atoms with Crippen LogP contribution in [0.3, 0.4) is 0 Å². The van der Waals surface area contributed by atoms with E-state index in [1.807, 2.05) is 6.07 Å². The molecule has 0 aliphatic rings. The molecular formula is C16H23NO4. The Bertz CT molecular complexity index is 459. The molecule has 21 heavy (non-hydrogen) atoms. The number of para-hydroxylation sites is 1. The van der Waals surface area contributed by atoms with E-state index in [0.29, 0.717) is 30.9 Å². The Labute approximate surface area is 125 Å². The fourth-order valence-corrected chi connectivity index (χ4v) is 1.93. The predicted molar refractivity (Wildman–Crippen MR) is 80.4 cm³/mol. The van der Waals surface area contributed by atoms with Crippen LogP contribution >= 0.6 is 0 Å². The van der Waals surface area contributed by atoms with Crippen molar-refractivity contribution in [2.75, 3.05) is 20.3 Å². The van der Waals surface area contributed by atoms with Crippen molar-refractivity contribution in [3.63, 3.8) is 0 Å². The molecule has 0 spiro atoms. The summed E-state index contributed by atoms with van der Waals surface area (Å²) in [5, 5.41) is 2.85. The summed E-state index contributed by atoms with van der Waals surface area (Å²) >= 11 is 0. The van der Waals surface area contributed by atoms with E-state index in [9.17, 15) is 9.59 Å². The molecule has 0 radical (unpaired) electrons. The summed E-state index contributed by atoms with van der Waals surface area (Å²) in [6, 6.07) is 7.12. The molecule has 0 unspecified atom stereocenters. The minimum absolute atomic E-state index is 0.141. The molecular weight excluding hydrogens is 270 g/mol. The quantitative estimate of drug-likeness (QED) is 0.561. The van der Waals surface area contributed by atoms with Crippen LogP contribution in [0, 0.1) is 0 Å². The highest BCUT2D eigenvalue weighted by Crippen LogP contribution is 2.16. The Morgan fingerprint density at radius 1 is 1.14 bits per heavy atom. The monoisotopic (exact) mass is 293 g/mol. The van der Waals surface area contributed by atoms with Crippen LogP contribution in [0.4, 0.5) is 0 Å². The van der Waals surface area contributed by atoms with Gasteiger partial charge in [-0.05, 0) is 31.9 Å². The van der Waals surface area contributed by atoms with E-state index in [0.717, 1.165) is 19.3 Å². The van der Waals surface area contributed by atoms with Crippen LogP contribution in [-0.2, 0) is 9.53 Å². The van der Waals surface area contributed by atoms with Gasteiger partial charge in [-0.2, -0.15) is 0 Å². The number of unbranched alkanes of at least 4 members (excludes halogenated alkanes) is 2. The lowest BCUT2D eigenvalue weighted by Crippen LogP contribution is -2.24. The summed E-state index contributed by atoms with van der Waals surface area (Å²) in [5.74, 6) is 0.269. The van der Waals surface area contributed by atoms with Gasteiger partial charge in [0.2, 0.25) is 0 Å². The van der Waals surface area contributed by atoms with E-state index < -0.39 is 0 Å². The van der Waals surface area contributed by atoms with Crippen molar-refractivity contribution in [2.45, 2.75) is 32.6 Å². The van der Waals surface area contributed by atoms with Gasteiger partial charge in [-0.3, -0.25) is 9.59 Å². The first-order valence-electron chi connectivity index (χ1n) is 7.25. The number of benzene rings is 1. The van der Waals surface area contributed by atoms with Crippen LogP contribution < -0.4 is 10.1 Å². The highest BCUT2D eigenvalue weighted by Gasteiger charge is 2.10. The van der Waals surface area contributed by atoms with E-state index in [-0.39, 0.29) is 11.9 Å². The lowest BCUT2D eigenvalue weighted by molar-refractivity contribution is -0.143. The second-order valence-corrected chi connectivity index (χ2v) is 4.57. The maximum atomic E-state index is 12.0. The number of carbonyl (C=O) groups is 2. The lowest BCUT2D eigenvalue weighted by Gasteiger charge is -2.09. The molecule has 0 aliphatic heterocycles. The zero-order chi connectivity index (χ0) is 15.5. The minimum Gasteiger partial charge on any atom is -0.496 e. The molecule has 1 aromatic rings. The van der Waals surface area contributed by atoms with Gasteiger partial charge < -0.3 is 14.8 Å². The van der Waals surface area contributed by atoms with E-state index in [4.69, 9.17) is 9.47 Å². The Balaban J connectivity index is 2.21. The minimum atomic E-state index is -0.157. The molecule has 1 aromatic carbocycles. The van der Waals surface area contributed by atoms with Crippen molar-refractivity contribution in [3.8, 4) is 5.75 Å². The van der Waals surface area contributed by atoms with E-state index >= 15 is 0 Å². The van der Waals surface area contributed by atoms with Crippen LogP contribution in [0.15, 0.2) is 24.3 Å². The molecule has 1 amide bonds. The summed E-state index contributed by atoms with van der Waals surface area (Å²) < 4.78 is 10.00. The molecule has 5 heteroatoms. The molecule has 1 N–H and O–H groups in total. The second kappa shape index (κ2) is 9.80. The summed E-state index contributed by atoms with van der Waals surface area (Å²) in [7, 11) is 1.54. The summed E-state index contributed by atoms with van der Waals surface area (Å²) in [6.45, 7) is 2.80. The maximum absolute atomic E-state index is 12.0. The van der Waals surface area contributed by atoms with Crippen molar-refractivity contribution in [3.05, 3.63) is 29.8 Å². The second-order valence-electron chi connectivity index (χ2n) is 4.57. The van der Waals surface area contributed by atoms with Gasteiger partial charge in [-0.15, -0.1) is 0 Å². The van der Waals surface area contributed by atoms with Crippen LogP contribution in [0.1, 0.15) is 43.0 Å². The van der Waals surface area contributed by atoms with Crippen molar-refractivity contribution in [1.82, 2.24) is 5.32 Å². The maximum Gasteiger partial charge on any atom is 0.305 e. The van der Waals surface area contributed by atoms with Gasteiger partial charge in [0.15, 0.2) is 0 Å². The molecule has 0 fully saturated rings. The van der Waals surface area contributed by atoms with Gasteiger partial charge in [0, 0.05) is 13.0 Å². The first-order chi connectivity index (χ1) is 10.2. The van der Waals surface area contributed by atoms with Gasteiger partial charge in [0.25, 0.3) is 5.91 Å². The Morgan fingerprint density at radius 3 is 2.62 bits per heavy atom. The number of hydrogen-bond donors (Lipinski definition) is 1. The molecule has 0 aromatic heterocycles. The molecule has 0 heterocycles. The Kier molecular flexibility index (Phi) is 7.94. The average molecular weight is 293 g/mol. The first kappa shape index (κ1) is 17.0. The van der Waals surface area contributed by atoms with Crippen molar-refractivity contribution in [1.29, 1.82) is 0 Å². The molecule has 0 aliphatic carbocycles. The van der Waals surface area contributed by atoms with Gasteiger partial charge in [-0.25, -0.2) is 0 Å². The van der Waals surface area contributed by atoms with Gasteiger partial charge in [0.05, 0.1) is 19.3 Å². The van der Waals surface area contributed by atoms with E-state index in [1.165, 1.54) is 0 Å². The SMILES string of the molecule is CCOC(=O)CCCCCNC(=O)c1ccccc1OC. The number of esters is 1. The largest absolute Gasteiger partial charge is 0.496 e. The fourth-order valence-electron chi connectivity index (χ4n) is 1.93. The third-order valence-corrected chi connectivity index (χ3v) is 3.00. The lowest BCUT2D eigenvalue weighted by atomic mass is 10.1. The highest BCUT2D eigenvalue weighted by atomic mass is 16.5. The topological polar surface area (TPSA) is 64.6 Å². The van der Waals surface area contributed by atoms with Crippen LogP contribution in [0.2, 0.25) is 0 Å². The molecule has 0 atom stereocenters. The summed E-state index contributed by atoms with van der Waals surface area (Å²) in [5.41, 5.74) is 0.534. The number of carbonyl (C=O) groups excluding carboxylic acids is 2. The summed E-state index contributed by atoms with van der Waals surface area (Å²) in [6.07, 6.45) is 2.93. The van der Waals surface area contributed by atoms with E-state index in [2.05, 4.69) is 5.32 Å². The zero-order valence-corrected chi connectivity index (χ0v) is 12.7. The molecule has 0 saturated heterocycles. The van der Waals surface area contributed by atoms with Crippen molar-refractivity contribution >= 4 is 11.9 Å². The van der Waals surface area contributed by atoms with Crippen LogP contribution in [0.25, 0.3) is 0 Å². The van der Waals surface area contributed by atoms with Crippen LogP contribution in [0.5, 0.6) is 5.75 Å². The predicted octanol–water partition coefficient (Wildman–Crippen LogP) is 2.55. The number of nitrogens with one attached hydrogen (secondary N) is 1. The molecule has 1 rings (SSSR count). The Morgan fingerprint density at radius 2 is 1.90 bits per heavy atom.